The van der Waals surface area contributed by atoms with Gasteiger partial charge in [-0.15, -0.1) is 0 Å². The molecule has 0 saturated heterocycles. The second-order valence-corrected chi connectivity index (χ2v) is 4.58. The Hall–Kier alpha value is 0.440. The molecule has 0 aliphatic rings. The van der Waals surface area contributed by atoms with Gasteiger partial charge in [-0.2, -0.15) is 0 Å². The van der Waals surface area contributed by atoms with E-state index in [-0.39, 0.29) is 0 Å². The minimum Gasteiger partial charge on any atom is -0.396 e. The zero-order valence-electron chi connectivity index (χ0n) is 7.57. The minimum absolute atomic E-state index is 0.321. The number of aliphatic hydroxyl groups is 1. The summed E-state index contributed by atoms with van der Waals surface area (Å²) in [5.41, 5.74) is 0.330. The van der Waals surface area contributed by atoms with E-state index in [0.717, 1.165) is 11.8 Å². The molecule has 0 aromatic heterocycles. The molecule has 0 saturated carbocycles. The standard InChI is InChI=1S/C9H19BrO/c1-9(2,6-8-11)5-3-4-7-10/h11H,3-8H2,1-2H3. The number of aliphatic hydroxyl groups excluding tert-OH is 1. The third kappa shape index (κ3) is 6.82. The summed E-state index contributed by atoms with van der Waals surface area (Å²) in [6, 6.07) is 0. The summed E-state index contributed by atoms with van der Waals surface area (Å²) in [5, 5.41) is 9.85. The van der Waals surface area contributed by atoms with Gasteiger partial charge < -0.3 is 5.11 Å². The Morgan fingerprint density at radius 2 is 1.82 bits per heavy atom. The Morgan fingerprint density at radius 3 is 2.27 bits per heavy atom. The maximum atomic E-state index is 8.75. The van der Waals surface area contributed by atoms with Crippen LogP contribution in [0.15, 0.2) is 0 Å². The topological polar surface area (TPSA) is 20.2 Å². The summed E-state index contributed by atoms with van der Waals surface area (Å²) in [5.74, 6) is 0. The number of hydrogen-bond donors (Lipinski definition) is 1. The Balaban J connectivity index is 3.38. The molecule has 0 aliphatic carbocycles. The van der Waals surface area contributed by atoms with Crippen molar-refractivity contribution in [2.24, 2.45) is 5.41 Å². The average Bonchev–Trinajstić information content (AvgIpc) is 1.87. The quantitative estimate of drug-likeness (QED) is 0.542. The molecule has 0 spiro atoms. The van der Waals surface area contributed by atoms with Crippen LogP contribution in [0, 0.1) is 5.41 Å². The van der Waals surface area contributed by atoms with Gasteiger partial charge in [0.05, 0.1) is 0 Å². The molecule has 0 unspecified atom stereocenters. The number of unbranched alkanes of at least 4 members (excludes halogenated alkanes) is 1. The van der Waals surface area contributed by atoms with E-state index in [1.54, 1.807) is 0 Å². The monoisotopic (exact) mass is 222 g/mol. The van der Waals surface area contributed by atoms with Gasteiger partial charge in [0.2, 0.25) is 0 Å². The van der Waals surface area contributed by atoms with Crippen LogP contribution in [-0.2, 0) is 0 Å². The van der Waals surface area contributed by atoms with Crippen LogP contribution < -0.4 is 0 Å². The predicted molar refractivity (Wildman–Crippen MR) is 53.1 cm³/mol. The first-order valence-corrected chi connectivity index (χ1v) is 5.41. The molecule has 0 bridgehead atoms. The maximum Gasteiger partial charge on any atom is 0.0436 e. The fraction of sp³-hybridized carbons (Fsp3) is 1.00. The van der Waals surface area contributed by atoms with E-state index in [4.69, 9.17) is 5.11 Å². The summed E-state index contributed by atoms with van der Waals surface area (Å²) >= 11 is 3.41. The van der Waals surface area contributed by atoms with Gasteiger partial charge in [-0.05, 0) is 24.7 Å². The van der Waals surface area contributed by atoms with Crippen molar-refractivity contribution >= 4 is 15.9 Å². The molecule has 0 atom stereocenters. The van der Waals surface area contributed by atoms with Crippen LogP contribution in [0.5, 0.6) is 0 Å². The number of halogens is 1. The minimum atomic E-state index is 0.321. The van der Waals surface area contributed by atoms with Crippen LogP contribution in [0.4, 0.5) is 0 Å². The van der Waals surface area contributed by atoms with Crippen LogP contribution in [0.25, 0.3) is 0 Å². The molecule has 2 heteroatoms. The van der Waals surface area contributed by atoms with E-state index in [1.807, 2.05) is 0 Å². The van der Waals surface area contributed by atoms with E-state index < -0.39 is 0 Å². The van der Waals surface area contributed by atoms with Gasteiger partial charge in [0.25, 0.3) is 0 Å². The smallest absolute Gasteiger partial charge is 0.0436 e. The van der Waals surface area contributed by atoms with Crippen molar-refractivity contribution in [1.82, 2.24) is 0 Å². The highest BCUT2D eigenvalue weighted by molar-refractivity contribution is 9.09. The van der Waals surface area contributed by atoms with Crippen molar-refractivity contribution in [2.75, 3.05) is 11.9 Å². The number of alkyl halides is 1. The Kier molecular flexibility index (Phi) is 6.25. The first-order valence-electron chi connectivity index (χ1n) is 4.29. The molecule has 68 valence electrons. The molecule has 0 aromatic carbocycles. The molecule has 0 radical (unpaired) electrons. The molecule has 1 nitrogen and oxygen atoms in total. The lowest BCUT2D eigenvalue weighted by molar-refractivity contribution is 0.199. The molecule has 0 rings (SSSR count). The summed E-state index contributed by atoms with van der Waals surface area (Å²) in [6.07, 6.45) is 4.65. The summed E-state index contributed by atoms with van der Waals surface area (Å²) in [7, 11) is 0. The van der Waals surface area contributed by atoms with Crippen LogP contribution in [-0.4, -0.2) is 17.0 Å². The molecule has 11 heavy (non-hydrogen) atoms. The second-order valence-electron chi connectivity index (χ2n) is 3.78. The van der Waals surface area contributed by atoms with Crippen LogP contribution in [0.1, 0.15) is 39.5 Å². The van der Waals surface area contributed by atoms with Gasteiger partial charge in [-0.25, -0.2) is 0 Å². The van der Waals surface area contributed by atoms with Crippen molar-refractivity contribution in [3.63, 3.8) is 0 Å². The average molecular weight is 223 g/mol. The lowest BCUT2D eigenvalue weighted by atomic mass is 9.84. The van der Waals surface area contributed by atoms with E-state index in [2.05, 4.69) is 29.8 Å². The molecule has 0 amide bonds. The van der Waals surface area contributed by atoms with Gasteiger partial charge in [0.15, 0.2) is 0 Å². The van der Waals surface area contributed by atoms with Gasteiger partial charge in [-0.1, -0.05) is 36.2 Å². The third-order valence-electron chi connectivity index (χ3n) is 2.03. The van der Waals surface area contributed by atoms with E-state index >= 15 is 0 Å². The van der Waals surface area contributed by atoms with Gasteiger partial charge in [0, 0.05) is 11.9 Å². The molecule has 0 heterocycles. The highest BCUT2D eigenvalue weighted by Gasteiger charge is 2.15. The van der Waals surface area contributed by atoms with Crippen molar-refractivity contribution in [1.29, 1.82) is 0 Å². The van der Waals surface area contributed by atoms with Crippen LogP contribution in [0.2, 0.25) is 0 Å². The van der Waals surface area contributed by atoms with Crippen molar-refractivity contribution in [3.8, 4) is 0 Å². The number of hydrogen-bond acceptors (Lipinski definition) is 1. The molecular formula is C9H19BrO. The zero-order valence-corrected chi connectivity index (χ0v) is 9.15. The molecule has 0 aromatic rings. The first kappa shape index (κ1) is 11.4. The third-order valence-corrected chi connectivity index (χ3v) is 2.59. The summed E-state index contributed by atoms with van der Waals surface area (Å²) < 4.78 is 0. The van der Waals surface area contributed by atoms with Gasteiger partial charge in [0.1, 0.15) is 0 Å². The summed E-state index contributed by atoms with van der Waals surface area (Å²) in [4.78, 5) is 0. The normalized spacial score (nSPS) is 12.0. The fourth-order valence-corrected chi connectivity index (χ4v) is 1.52. The SMILES string of the molecule is CC(C)(CCO)CCCCBr. The maximum absolute atomic E-state index is 8.75. The van der Waals surface area contributed by atoms with Crippen LogP contribution in [0.3, 0.4) is 0 Å². The van der Waals surface area contributed by atoms with Gasteiger partial charge in [-0.3, -0.25) is 0 Å². The summed E-state index contributed by atoms with van der Waals surface area (Å²) in [6.45, 7) is 4.76. The largest absolute Gasteiger partial charge is 0.396 e. The Labute approximate surface area is 78.3 Å². The zero-order chi connectivity index (χ0) is 8.74. The molecular weight excluding hydrogens is 204 g/mol. The Morgan fingerprint density at radius 1 is 1.18 bits per heavy atom. The second kappa shape index (κ2) is 6.01. The molecule has 1 N–H and O–H groups in total. The Bertz CT molecular complexity index is 91.6. The highest BCUT2D eigenvalue weighted by atomic mass is 79.9. The van der Waals surface area contributed by atoms with Crippen molar-refractivity contribution < 1.29 is 5.11 Å². The van der Waals surface area contributed by atoms with E-state index in [0.29, 0.717) is 12.0 Å². The lowest BCUT2D eigenvalue weighted by Gasteiger charge is -2.22. The van der Waals surface area contributed by atoms with Crippen molar-refractivity contribution in [3.05, 3.63) is 0 Å². The van der Waals surface area contributed by atoms with Crippen LogP contribution >= 0.6 is 15.9 Å². The van der Waals surface area contributed by atoms with E-state index in [1.165, 1.54) is 19.3 Å². The van der Waals surface area contributed by atoms with E-state index in [9.17, 15) is 0 Å². The highest BCUT2D eigenvalue weighted by Crippen LogP contribution is 2.26. The first-order chi connectivity index (χ1) is 5.12. The molecule has 0 fully saturated rings. The fourth-order valence-electron chi connectivity index (χ4n) is 1.13. The van der Waals surface area contributed by atoms with Crippen molar-refractivity contribution in [2.45, 2.75) is 39.5 Å². The number of rotatable bonds is 6. The van der Waals surface area contributed by atoms with Gasteiger partial charge >= 0.3 is 0 Å². The predicted octanol–water partition coefficient (Wildman–Crippen LogP) is 2.96. The lowest BCUT2D eigenvalue weighted by Crippen LogP contribution is -2.13. The molecule has 0 aliphatic heterocycles.